The fourth-order valence-corrected chi connectivity index (χ4v) is 3.16. The summed E-state index contributed by atoms with van der Waals surface area (Å²) in [5.74, 6) is 1.91. The molecule has 0 aromatic carbocycles. The highest BCUT2D eigenvalue weighted by Gasteiger charge is 2.38. The normalized spacial score (nSPS) is 37.6. The van der Waals surface area contributed by atoms with Gasteiger partial charge in [0.15, 0.2) is 0 Å². The maximum atomic E-state index is 9.86. The van der Waals surface area contributed by atoms with Crippen molar-refractivity contribution < 1.29 is 5.11 Å². The number of azide groups is 1. The van der Waals surface area contributed by atoms with Gasteiger partial charge in [0.1, 0.15) is 0 Å². The summed E-state index contributed by atoms with van der Waals surface area (Å²) in [6, 6.07) is 0. The predicted octanol–water partition coefficient (Wildman–Crippen LogP) is 2.48. The lowest BCUT2D eigenvalue weighted by molar-refractivity contribution is 0.00132. The Morgan fingerprint density at radius 2 is 2.07 bits per heavy atom. The quantitative estimate of drug-likeness (QED) is 0.419. The van der Waals surface area contributed by atoms with Gasteiger partial charge in [-0.25, -0.2) is 0 Å². The minimum absolute atomic E-state index is 0.254. The fraction of sp³-hybridized carbons (Fsp3) is 1.00. The average Bonchev–Trinajstić information content (AvgIpc) is 2.27. The molecule has 0 spiro atoms. The van der Waals surface area contributed by atoms with Crippen molar-refractivity contribution in [3.63, 3.8) is 0 Å². The van der Waals surface area contributed by atoms with E-state index in [-0.39, 0.29) is 6.54 Å². The summed E-state index contributed by atoms with van der Waals surface area (Å²) in [5, 5.41) is 13.3. The zero-order valence-corrected chi connectivity index (χ0v) is 8.34. The van der Waals surface area contributed by atoms with Crippen LogP contribution in [0.25, 0.3) is 10.4 Å². The zero-order chi connectivity index (χ0) is 9.97. The fourth-order valence-electron chi connectivity index (χ4n) is 3.16. The van der Waals surface area contributed by atoms with Gasteiger partial charge in [-0.05, 0) is 42.5 Å². The molecule has 2 bridgehead atoms. The SMILES string of the molecule is [N-]=[N+]=NC[C@@H](O)C1CC2CCC1CC2. The number of hydrogen-bond acceptors (Lipinski definition) is 2. The van der Waals surface area contributed by atoms with Crippen molar-refractivity contribution in [1.82, 2.24) is 0 Å². The van der Waals surface area contributed by atoms with Crippen molar-refractivity contribution >= 4 is 0 Å². The van der Waals surface area contributed by atoms with Gasteiger partial charge in [0.2, 0.25) is 0 Å². The van der Waals surface area contributed by atoms with Crippen LogP contribution in [0.1, 0.15) is 32.1 Å². The molecule has 4 heteroatoms. The first-order valence-electron chi connectivity index (χ1n) is 5.50. The van der Waals surface area contributed by atoms with Gasteiger partial charge in [0, 0.05) is 4.91 Å². The molecule has 3 saturated carbocycles. The summed E-state index contributed by atoms with van der Waals surface area (Å²) in [6.07, 6.45) is 5.96. The first-order valence-corrected chi connectivity index (χ1v) is 5.50. The van der Waals surface area contributed by atoms with E-state index in [1.165, 1.54) is 25.7 Å². The van der Waals surface area contributed by atoms with Gasteiger partial charge in [-0.3, -0.25) is 0 Å². The van der Waals surface area contributed by atoms with E-state index < -0.39 is 6.10 Å². The lowest BCUT2D eigenvalue weighted by Gasteiger charge is -2.44. The number of hydrogen-bond donors (Lipinski definition) is 1. The molecule has 0 radical (unpaired) electrons. The Balaban J connectivity index is 1.93. The van der Waals surface area contributed by atoms with Gasteiger partial charge in [-0.15, -0.1) is 0 Å². The third-order valence-corrected chi connectivity index (χ3v) is 3.93. The summed E-state index contributed by atoms with van der Waals surface area (Å²) in [5.41, 5.74) is 8.19. The predicted molar refractivity (Wildman–Crippen MR) is 53.6 cm³/mol. The van der Waals surface area contributed by atoms with Crippen molar-refractivity contribution in [2.45, 2.75) is 38.2 Å². The van der Waals surface area contributed by atoms with Gasteiger partial charge in [0.25, 0.3) is 0 Å². The van der Waals surface area contributed by atoms with E-state index in [4.69, 9.17) is 5.53 Å². The lowest BCUT2D eigenvalue weighted by Crippen LogP contribution is -2.39. The maximum Gasteiger partial charge on any atom is 0.0627 e. The highest BCUT2D eigenvalue weighted by Crippen LogP contribution is 2.46. The molecule has 3 rings (SSSR count). The van der Waals surface area contributed by atoms with Crippen molar-refractivity contribution in [3.8, 4) is 0 Å². The Bertz CT molecular complexity index is 242. The Morgan fingerprint density at radius 3 is 2.57 bits per heavy atom. The van der Waals surface area contributed by atoms with Crippen molar-refractivity contribution in [1.29, 1.82) is 0 Å². The number of aliphatic hydroxyl groups excluding tert-OH is 1. The molecule has 78 valence electrons. The third-order valence-electron chi connectivity index (χ3n) is 3.93. The van der Waals surface area contributed by atoms with Crippen LogP contribution in [0.15, 0.2) is 5.11 Å². The topological polar surface area (TPSA) is 69.0 Å². The minimum atomic E-state index is -0.404. The number of fused-ring (bicyclic) bond motifs is 3. The largest absolute Gasteiger partial charge is 0.393 e. The molecule has 0 amide bonds. The second-order valence-electron chi connectivity index (χ2n) is 4.66. The molecule has 4 nitrogen and oxygen atoms in total. The first-order chi connectivity index (χ1) is 6.81. The second-order valence-corrected chi connectivity index (χ2v) is 4.66. The Morgan fingerprint density at radius 1 is 1.36 bits per heavy atom. The summed E-state index contributed by atoms with van der Waals surface area (Å²) in [4.78, 5) is 2.70. The molecular weight excluding hydrogens is 178 g/mol. The summed E-state index contributed by atoms with van der Waals surface area (Å²) in [6.45, 7) is 0.254. The minimum Gasteiger partial charge on any atom is -0.393 e. The summed E-state index contributed by atoms with van der Waals surface area (Å²) >= 11 is 0. The highest BCUT2D eigenvalue weighted by atomic mass is 16.3. The number of nitrogens with zero attached hydrogens (tertiary/aromatic N) is 3. The molecule has 3 aliphatic rings. The van der Waals surface area contributed by atoms with Crippen LogP contribution in [0.3, 0.4) is 0 Å². The van der Waals surface area contributed by atoms with Crippen LogP contribution in [-0.4, -0.2) is 17.8 Å². The van der Waals surface area contributed by atoms with Crippen LogP contribution in [0.5, 0.6) is 0 Å². The molecule has 3 fully saturated rings. The number of aliphatic hydroxyl groups is 1. The monoisotopic (exact) mass is 195 g/mol. The molecule has 0 aliphatic heterocycles. The van der Waals surface area contributed by atoms with E-state index in [2.05, 4.69) is 10.0 Å². The molecule has 2 atom stereocenters. The molecule has 0 heterocycles. The zero-order valence-electron chi connectivity index (χ0n) is 8.34. The van der Waals surface area contributed by atoms with E-state index in [1.54, 1.807) is 0 Å². The van der Waals surface area contributed by atoms with E-state index in [0.29, 0.717) is 11.8 Å². The molecule has 3 aliphatic carbocycles. The van der Waals surface area contributed by atoms with Crippen molar-refractivity contribution in [3.05, 3.63) is 10.4 Å². The Labute approximate surface area is 83.9 Å². The standard InChI is InChI=1S/C10H17N3O/c11-13-12-6-10(14)9-5-7-1-3-8(9)4-2-7/h7-10,14H,1-6H2/t7?,8?,9?,10-/m1/s1. The molecule has 0 aromatic rings. The van der Waals surface area contributed by atoms with E-state index >= 15 is 0 Å². The Kier molecular flexibility index (Phi) is 2.94. The van der Waals surface area contributed by atoms with Gasteiger partial charge in [-0.1, -0.05) is 18.0 Å². The van der Waals surface area contributed by atoms with Crippen LogP contribution >= 0.6 is 0 Å². The lowest BCUT2D eigenvalue weighted by atomic mass is 9.63. The van der Waals surface area contributed by atoms with Crippen molar-refractivity contribution in [2.75, 3.05) is 6.54 Å². The molecule has 1 N–H and O–H groups in total. The highest BCUT2D eigenvalue weighted by molar-refractivity contribution is 4.90. The van der Waals surface area contributed by atoms with Gasteiger partial charge in [-0.2, -0.15) is 0 Å². The van der Waals surface area contributed by atoms with Gasteiger partial charge in [0.05, 0.1) is 12.6 Å². The van der Waals surface area contributed by atoms with E-state index in [1.807, 2.05) is 0 Å². The summed E-state index contributed by atoms with van der Waals surface area (Å²) in [7, 11) is 0. The van der Waals surface area contributed by atoms with E-state index in [0.717, 1.165) is 12.3 Å². The molecular formula is C10H17N3O. The van der Waals surface area contributed by atoms with Gasteiger partial charge < -0.3 is 5.11 Å². The van der Waals surface area contributed by atoms with Crippen LogP contribution < -0.4 is 0 Å². The average molecular weight is 195 g/mol. The van der Waals surface area contributed by atoms with Crippen LogP contribution in [0.4, 0.5) is 0 Å². The van der Waals surface area contributed by atoms with Crippen LogP contribution in [-0.2, 0) is 0 Å². The van der Waals surface area contributed by atoms with Crippen LogP contribution in [0.2, 0.25) is 0 Å². The molecule has 0 aromatic heterocycles. The van der Waals surface area contributed by atoms with Crippen LogP contribution in [0, 0.1) is 17.8 Å². The Hall–Kier alpha value is -0.730. The van der Waals surface area contributed by atoms with Crippen molar-refractivity contribution in [2.24, 2.45) is 22.9 Å². The molecule has 14 heavy (non-hydrogen) atoms. The molecule has 0 saturated heterocycles. The van der Waals surface area contributed by atoms with E-state index in [9.17, 15) is 5.11 Å². The summed E-state index contributed by atoms with van der Waals surface area (Å²) < 4.78 is 0. The second kappa shape index (κ2) is 4.20. The first kappa shape index (κ1) is 9.81. The smallest absolute Gasteiger partial charge is 0.0627 e. The molecule has 1 unspecified atom stereocenters. The third kappa shape index (κ3) is 1.86. The number of rotatable bonds is 3. The van der Waals surface area contributed by atoms with Gasteiger partial charge >= 0.3 is 0 Å². The maximum absolute atomic E-state index is 9.86.